The molecular weight excluding hydrogens is 467 g/mol. The number of carbonyl (C=O) groups excluding carboxylic acids is 3. The van der Waals surface area contributed by atoms with Crippen molar-refractivity contribution in [1.29, 1.82) is 0 Å². The number of methoxy groups -OCH3 is 1. The van der Waals surface area contributed by atoms with Gasteiger partial charge in [-0.05, 0) is 48.5 Å². The van der Waals surface area contributed by atoms with Crippen molar-refractivity contribution >= 4 is 52.8 Å². The highest BCUT2D eigenvalue weighted by Crippen LogP contribution is 2.31. The minimum absolute atomic E-state index is 0.00516. The normalized spacial score (nSPS) is 15.6. The molecule has 0 bridgehead atoms. The van der Waals surface area contributed by atoms with Crippen LogP contribution in [-0.2, 0) is 14.3 Å². The van der Waals surface area contributed by atoms with Crippen molar-refractivity contribution in [3.63, 3.8) is 0 Å². The molecule has 0 radical (unpaired) electrons. The van der Waals surface area contributed by atoms with E-state index in [0.717, 1.165) is 9.80 Å². The third kappa shape index (κ3) is 4.57. The van der Waals surface area contributed by atoms with Crippen LogP contribution in [0.2, 0.25) is 10.0 Å². The number of furan rings is 1. The number of benzene rings is 2. The fourth-order valence-corrected chi connectivity index (χ4v) is 3.64. The van der Waals surface area contributed by atoms with E-state index in [0.29, 0.717) is 27.1 Å². The van der Waals surface area contributed by atoms with Gasteiger partial charge in [-0.1, -0.05) is 41.4 Å². The molecule has 1 aromatic heterocycles. The summed E-state index contributed by atoms with van der Waals surface area (Å²) in [5.74, 6) is -0.718. The van der Waals surface area contributed by atoms with E-state index in [1.165, 1.54) is 13.2 Å². The fraction of sp³-hybridized carbons (Fsp3) is 0.125. The molecule has 0 aliphatic carbocycles. The zero-order chi connectivity index (χ0) is 23.5. The maximum atomic E-state index is 13.2. The highest BCUT2D eigenvalue weighted by Gasteiger charge is 2.42. The number of amides is 4. The predicted octanol–water partition coefficient (Wildman–Crippen LogP) is 5.28. The number of barbiturate groups is 1. The monoisotopic (exact) mass is 484 g/mol. The zero-order valence-corrected chi connectivity index (χ0v) is 19.0. The molecule has 1 aliphatic heterocycles. The van der Waals surface area contributed by atoms with Crippen molar-refractivity contribution in [2.75, 3.05) is 25.2 Å². The first-order valence-electron chi connectivity index (χ1n) is 9.92. The van der Waals surface area contributed by atoms with E-state index in [9.17, 15) is 14.4 Å². The number of hydrogen-bond acceptors (Lipinski definition) is 5. The van der Waals surface area contributed by atoms with Crippen LogP contribution in [-0.4, -0.2) is 43.0 Å². The molecule has 2 heterocycles. The number of ether oxygens (including phenoxy) is 1. The van der Waals surface area contributed by atoms with Crippen LogP contribution in [0.25, 0.3) is 17.4 Å². The van der Waals surface area contributed by atoms with Crippen molar-refractivity contribution < 1.29 is 23.5 Å². The molecule has 1 aliphatic rings. The van der Waals surface area contributed by atoms with Gasteiger partial charge in [-0.15, -0.1) is 0 Å². The molecule has 168 valence electrons. The lowest BCUT2D eigenvalue weighted by molar-refractivity contribution is -0.129. The third-order valence-electron chi connectivity index (χ3n) is 4.98. The lowest BCUT2D eigenvalue weighted by Crippen LogP contribution is -2.57. The van der Waals surface area contributed by atoms with Gasteiger partial charge >= 0.3 is 6.03 Å². The van der Waals surface area contributed by atoms with Crippen molar-refractivity contribution in [3.8, 4) is 11.3 Å². The number of hydrogen-bond donors (Lipinski definition) is 0. The Kier molecular flexibility index (Phi) is 6.65. The van der Waals surface area contributed by atoms with Gasteiger partial charge in [0, 0.05) is 12.7 Å². The van der Waals surface area contributed by atoms with E-state index in [4.69, 9.17) is 32.4 Å². The zero-order valence-electron chi connectivity index (χ0n) is 17.5. The summed E-state index contributed by atoms with van der Waals surface area (Å²) < 4.78 is 10.8. The van der Waals surface area contributed by atoms with E-state index >= 15 is 0 Å². The van der Waals surface area contributed by atoms with Crippen LogP contribution in [0, 0.1) is 0 Å². The fourth-order valence-electron chi connectivity index (χ4n) is 3.34. The molecule has 0 saturated carbocycles. The second-order valence-corrected chi connectivity index (χ2v) is 7.91. The van der Waals surface area contributed by atoms with Gasteiger partial charge in [0.2, 0.25) is 0 Å². The summed E-state index contributed by atoms with van der Waals surface area (Å²) in [7, 11) is 1.46. The summed E-state index contributed by atoms with van der Waals surface area (Å²) in [5, 5.41) is 0.781. The lowest BCUT2D eigenvalue weighted by Gasteiger charge is -2.33. The van der Waals surface area contributed by atoms with Crippen molar-refractivity contribution in [1.82, 2.24) is 4.90 Å². The van der Waals surface area contributed by atoms with Crippen LogP contribution in [0.5, 0.6) is 0 Å². The molecule has 0 unspecified atom stereocenters. The Labute approximate surface area is 199 Å². The minimum Gasteiger partial charge on any atom is -0.457 e. The molecule has 2 aromatic carbocycles. The quantitative estimate of drug-likeness (QED) is 0.351. The molecule has 0 atom stereocenters. The van der Waals surface area contributed by atoms with Gasteiger partial charge in [-0.2, -0.15) is 0 Å². The number of imide groups is 2. The van der Waals surface area contributed by atoms with Crippen molar-refractivity contribution in [3.05, 3.63) is 82.0 Å². The van der Waals surface area contributed by atoms with E-state index in [1.807, 2.05) is 0 Å². The van der Waals surface area contributed by atoms with E-state index in [2.05, 4.69) is 0 Å². The summed E-state index contributed by atoms with van der Waals surface area (Å²) in [6, 6.07) is 16.0. The summed E-state index contributed by atoms with van der Waals surface area (Å²) in [6.45, 7) is 0.124. The molecule has 0 spiro atoms. The first kappa shape index (κ1) is 22.8. The maximum Gasteiger partial charge on any atom is 0.338 e. The SMILES string of the molecule is COCCN1C(=O)/C(=C\c2ccc(-c3ccc(Cl)c(Cl)c3)o2)C(=O)N(c2ccccc2)C1=O. The Morgan fingerprint density at radius 1 is 0.939 bits per heavy atom. The van der Waals surface area contributed by atoms with Crippen molar-refractivity contribution in [2.24, 2.45) is 0 Å². The Bertz CT molecular complexity index is 1250. The number of rotatable bonds is 6. The number of halogens is 2. The van der Waals surface area contributed by atoms with Gasteiger partial charge < -0.3 is 9.15 Å². The number of nitrogens with zero attached hydrogens (tertiary/aromatic N) is 2. The first-order valence-corrected chi connectivity index (χ1v) is 10.7. The molecule has 1 fully saturated rings. The number of anilines is 1. The summed E-state index contributed by atoms with van der Waals surface area (Å²) in [6.07, 6.45) is 1.33. The van der Waals surface area contributed by atoms with Gasteiger partial charge in [0.15, 0.2) is 0 Å². The molecule has 4 amide bonds. The lowest BCUT2D eigenvalue weighted by atomic mass is 10.1. The topological polar surface area (TPSA) is 80.1 Å². The van der Waals surface area contributed by atoms with Crippen LogP contribution >= 0.6 is 23.2 Å². The molecule has 7 nitrogen and oxygen atoms in total. The average molecular weight is 485 g/mol. The smallest absolute Gasteiger partial charge is 0.338 e. The van der Waals surface area contributed by atoms with E-state index in [1.54, 1.807) is 60.7 Å². The second kappa shape index (κ2) is 9.62. The van der Waals surface area contributed by atoms with Gasteiger partial charge in [0.25, 0.3) is 11.8 Å². The standard InChI is InChI=1S/C24H18Cl2N2O5/c1-32-12-11-27-22(29)18(23(30)28(24(27)31)16-5-3-2-4-6-16)14-17-8-10-21(33-17)15-7-9-19(25)20(26)13-15/h2-10,13-14H,11-12H2,1H3/b18-14+. The Balaban J connectivity index is 1.72. The van der Waals surface area contributed by atoms with E-state index < -0.39 is 17.8 Å². The summed E-state index contributed by atoms with van der Waals surface area (Å²) in [4.78, 5) is 41.2. The van der Waals surface area contributed by atoms with Crippen LogP contribution in [0.3, 0.4) is 0 Å². The Morgan fingerprint density at radius 3 is 2.39 bits per heavy atom. The average Bonchev–Trinajstić information content (AvgIpc) is 3.28. The molecule has 4 rings (SSSR count). The van der Waals surface area contributed by atoms with Gasteiger partial charge in [-0.25, -0.2) is 9.69 Å². The maximum absolute atomic E-state index is 13.2. The molecular formula is C24H18Cl2N2O5. The minimum atomic E-state index is -0.739. The predicted molar refractivity (Wildman–Crippen MR) is 125 cm³/mol. The molecule has 33 heavy (non-hydrogen) atoms. The number of urea groups is 1. The number of carbonyl (C=O) groups is 3. The van der Waals surface area contributed by atoms with Gasteiger partial charge in [0.05, 0.1) is 28.9 Å². The third-order valence-corrected chi connectivity index (χ3v) is 5.72. The molecule has 0 N–H and O–H groups in total. The van der Waals surface area contributed by atoms with Crippen LogP contribution < -0.4 is 4.90 Å². The molecule has 9 heteroatoms. The Hall–Kier alpha value is -3.39. The molecule has 3 aromatic rings. The highest BCUT2D eigenvalue weighted by atomic mass is 35.5. The highest BCUT2D eigenvalue weighted by molar-refractivity contribution is 6.42. The largest absolute Gasteiger partial charge is 0.457 e. The Morgan fingerprint density at radius 2 is 1.70 bits per heavy atom. The molecule has 1 saturated heterocycles. The van der Waals surface area contributed by atoms with Crippen LogP contribution in [0.15, 0.2) is 70.7 Å². The van der Waals surface area contributed by atoms with Crippen LogP contribution in [0.4, 0.5) is 10.5 Å². The van der Waals surface area contributed by atoms with Crippen LogP contribution in [0.1, 0.15) is 5.76 Å². The van der Waals surface area contributed by atoms with E-state index in [-0.39, 0.29) is 24.5 Å². The summed E-state index contributed by atoms with van der Waals surface area (Å²) in [5.41, 5.74) is 0.826. The summed E-state index contributed by atoms with van der Waals surface area (Å²) >= 11 is 12.0. The van der Waals surface area contributed by atoms with Gasteiger partial charge in [-0.3, -0.25) is 14.5 Å². The first-order chi connectivity index (χ1) is 15.9. The number of para-hydroxylation sites is 1. The second-order valence-electron chi connectivity index (χ2n) is 7.10. The van der Waals surface area contributed by atoms with Crippen molar-refractivity contribution in [2.45, 2.75) is 0 Å². The van der Waals surface area contributed by atoms with Gasteiger partial charge in [0.1, 0.15) is 17.1 Å².